The first-order valence-electron chi connectivity index (χ1n) is 14.5. The van der Waals surface area contributed by atoms with E-state index in [1.54, 1.807) is 13.0 Å². The molecule has 2 amide bonds. The maximum absolute atomic E-state index is 14.8. The van der Waals surface area contributed by atoms with E-state index in [1.165, 1.54) is 49.4 Å². The molecule has 0 spiro atoms. The largest absolute Gasteiger partial charge is 0.417 e. The molecule has 0 aliphatic heterocycles. The zero-order valence-electron chi connectivity index (χ0n) is 24.8. The Hall–Kier alpha value is -3.64. The average Bonchev–Trinajstić information content (AvgIpc) is 2.99. The monoisotopic (exact) mass is 667 g/mol. The van der Waals surface area contributed by atoms with E-state index in [4.69, 9.17) is 11.6 Å². The Morgan fingerprint density at radius 3 is 2.27 bits per heavy atom. The lowest BCUT2D eigenvalue weighted by molar-refractivity contribution is -0.139. The maximum atomic E-state index is 14.8. The van der Waals surface area contributed by atoms with Crippen LogP contribution in [0.15, 0.2) is 71.6 Å². The molecule has 0 radical (unpaired) electrons. The van der Waals surface area contributed by atoms with Gasteiger partial charge in [0.2, 0.25) is 11.8 Å². The molecule has 0 heterocycles. The van der Waals surface area contributed by atoms with Crippen molar-refractivity contribution in [3.63, 3.8) is 0 Å². The zero-order chi connectivity index (χ0) is 32.9. The summed E-state index contributed by atoms with van der Waals surface area (Å²) in [5.74, 6) is -2.08. The first kappa shape index (κ1) is 34.2. The number of hydrogen-bond donors (Lipinski definition) is 1. The molecule has 1 N–H and O–H groups in total. The van der Waals surface area contributed by atoms with Crippen molar-refractivity contribution in [2.75, 3.05) is 10.8 Å². The molecule has 1 unspecified atom stereocenters. The number of sulfonamides is 1. The van der Waals surface area contributed by atoms with Gasteiger partial charge < -0.3 is 10.2 Å². The SMILES string of the molecule is Cc1ccc(S(=O)(=O)N(CC(=O)N(Cc2ccccc2F)C(C)C(=O)NC2CCCCC2)c2ccc(Cl)c(C(F)(F)F)c2)cc1. The fourth-order valence-electron chi connectivity index (χ4n) is 5.21. The summed E-state index contributed by atoms with van der Waals surface area (Å²) in [5.41, 5.74) is -0.953. The smallest absolute Gasteiger partial charge is 0.352 e. The molecule has 3 aromatic rings. The van der Waals surface area contributed by atoms with Gasteiger partial charge in [0.05, 0.1) is 21.2 Å². The summed E-state index contributed by atoms with van der Waals surface area (Å²) in [6, 6.07) is 12.5. The van der Waals surface area contributed by atoms with E-state index in [0.29, 0.717) is 10.4 Å². The van der Waals surface area contributed by atoms with Crippen molar-refractivity contribution in [1.82, 2.24) is 10.2 Å². The molecule has 0 saturated heterocycles. The normalized spacial score (nSPS) is 14.9. The molecule has 1 aliphatic carbocycles. The van der Waals surface area contributed by atoms with E-state index in [1.807, 2.05) is 0 Å². The lowest BCUT2D eigenvalue weighted by Gasteiger charge is -2.33. The molecular formula is C32H34ClF4N3O4S. The average molecular weight is 668 g/mol. The second kappa shape index (κ2) is 14.2. The molecule has 242 valence electrons. The number of carbonyl (C=O) groups is 2. The predicted molar refractivity (Wildman–Crippen MR) is 164 cm³/mol. The lowest BCUT2D eigenvalue weighted by atomic mass is 9.95. The van der Waals surface area contributed by atoms with Crippen LogP contribution in [0.5, 0.6) is 0 Å². The Bertz CT molecular complexity index is 1630. The first-order valence-corrected chi connectivity index (χ1v) is 16.3. The van der Waals surface area contributed by atoms with Gasteiger partial charge in [-0.1, -0.05) is 66.8 Å². The number of alkyl halides is 3. The minimum absolute atomic E-state index is 0.0713. The number of benzene rings is 3. The van der Waals surface area contributed by atoms with E-state index in [-0.39, 0.29) is 16.5 Å². The molecule has 1 fully saturated rings. The van der Waals surface area contributed by atoms with Crippen LogP contribution >= 0.6 is 11.6 Å². The number of hydrogen-bond acceptors (Lipinski definition) is 4. The highest BCUT2D eigenvalue weighted by atomic mass is 35.5. The lowest BCUT2D eigenvalue weighted by Crippen LogP contribution is -2.53. The maximum Gasteiger partial charge on any atom is 0.417 e. The summed E-state index contributed by atoms with van der Waals surface area (Å²) in [6.07, 6.45) is -0.473. The van der Waals surface area contributed by atoms with E-state index in [9.17, 15) is 35.6 Å². The summed E-state index contributed by atoms with van der Waals surface area (Å²) in [5, 5.41) is 2.28. The molecule has 1 aliphatic rings. The van der Waals surface area contributed by atoms with Gasteiger partial charge in [0.25, 0.3) is 10.0 Å². The van der Waals surface area contributed by atoms with Crippen molar-refractivity contribution >= 4 is 39.1 Å². The molecule has 0 bridgehead atoms. The van der Waals surface area contributed by atoms with Gasteiger partial charge >= 0.3 is 6.18 Å². The van der Waals surface area contributed by atoms with Crippen LogP contribution in [0.25, 0.3) is 0 Å². The molecule has 7 nitrogen and oxygen atoms in total. The molecule has 3 aromatic carbocycles. The van der Waals surface area contributed by atoms with Crippen molar-refractivity contribution in [2.45, 2.75) is 75.7 Å². The number of rotatable bonds is 10. The van der Waals surface area contributed by atoms with Crippen LogP contribution in [0.2, 0.25) is 5.02 Å². The van der Waals surface area contributed by atoms with Gasteiger partial charge in [0, 0.05) is 18.2 Å². The van der Waals surface area contributed by atoms with Crippen LogP contribution in [-0.4, -0.2) is 43.8 Å². The van der Waals surface area contributed by atoms with Crippen molar-refractivity contribution in [3.8, 4) is 0 Å². The summed E-state index contributed by atoms with van der Waals surface area (Å²) < 4.78 is 84.6. The zero-order valence-corrected chi connectivity index (χ0v) is 26.4. The highest BCUT2D eigenvalue weighted by Crippen LogP contribution is 2.38. The number of halogens is 5. The Morgan fingerprint density at radius 1 is 1.00 bits per heavy atom. The van der Waals surface area contributed by atoms with Crippen molar-refractivity contribution in [1.29, 1.82) is 0 Å². The van der Waals surface area contributed by atoms with Crippen molar-refractivity contribution in [2.24, 2.45) is 0 Å². The minimum Gasteiger partial charge on any atom is -0.352 e. The number of amides is 2. The van der Waals surface area contributed by atoms with E-state index in [0.717, 1.165) is 54.7 Å². The molecule has 4 rings (SSSR count). The van der Waals surface area contributed by atoms with Gasteiger partial charge in [-0.05, 0) is 63.1 Å². The first-order chi connectivity index (χ1) is 21.2. The Morgan fingerprint density at radius 2 is 1.64 bits per heavy atom. The molecule has 0 aromatic heterocycles. The van der Waals surface area contributed by atoms with Crippen molar-refractivity contribution < 1.29 is 35.6 Å². The van der Waals surface area contributed by atoms with Gasteiger partial charge in [-0.25, -0.2) is 12.8 Å². The number of carbonyl (C=O) groups excluding carboxylic acids is 2. The third-order valence-electron chi connectivity index (χ3n) is 7.85. The summed E-state index contributed by atoms with van der Waals surface area (Å²) in [4.78, 5) is 28.2. The fourth-order valence-corrected chi connectivity index (χ4v) is 6.84. The van der Waals surface area contributed by atoms with Gasteiger partial charge in [-0.15, -0.1) is 0 Å². The number of nitrogens with one attached hydrogen (secondary N) is 1. The van der Waals surface area contributed by atoms with Gasteiger partial charge in [0.1, 0.15) is 18.4 Å². The highest BCUT2D eigenvalue weighted by molar-refractivity contribution is 7.92. The third kappa shape index (κ3) is 8.35. The summed E-state index contributed by atoms with van der Waals surface area (Å²) >= 11 is 5.81. The third-order valence-corrected chi connectivity index (χ3v) is 9.97. The van der Waals surface area contributed by atoms with Crippen LogP contribution in [0.4, 0.5) is 23.2 Å². The van der Waals surface area contributed by atoms with Gasteiger partial charge in [0.15, 0.2) is 0 Å². The Labute approximate surface area is 265 Å². The fraction of sp³-hybridized carbons (Fsp3) is 0.375. The molecule has 1 atom stereocenters. The second-order valence-corrected chi connectivity index (χ2v) is 13.4. The number of aryl methyl sites for hydroxylation is 1. The van der Waals surface area contributed by atoms with Crippen LogP contribution in [0, 0.1) is 12.7 Å². The van der Waals surface area contributed by atoms with Crippen LogP contribution in [-0.2, 0) is 32.3 Å². The summed E-state index contributed by atoms with van der Waals surface area (Å²) in [6.45, 7) is 1.80. The summed E-state index contributed by atoms with van der Waals surface area (Å²) in [7, 11) is -4.62. The quantitative estimate of drug-likeness (QED) is 0.239. The highest BCUT2D eigenvalue weighted by Gasteiger charge is 2.37. The van der Waals surface area contributed by atoms with Gasteiger partial charge in [-0.2, -0.15) is 13.2 Å². The van der Waals surface area contributed by atoms with Crippen LogP contribution in [0.3, 0.4) is 0 Å². The van der Waals surface area contributed by atoms with Crippen LogP contribution in [0.1, 0.15) is 55.7 Å². The van der Waals surface area contributed by atoms with Crippen LogP contribution < -0.4 is 9.62 Å². The predicted octanol–water partition coefficient (Wildman–Crippen LogP) is 6.87. The van der Waals surface area contributed by atoms with Crippen molar-refractivity contribution in [3.05, 3.63) is 94.3 Å². The Balaban J connectivity index is 1.75. The molecule has 13 heteroatoms. The minimum atomic E-state index is -4.92. The van der Waals surface area contributed by atoms with E-state index >= 15 is 0 Å². The Kier molecular flexibility index (Phi) is 10.8. The molecular weight excluding hydrogens is 634 g/mol. The number of nitrogens with zero attached hydrogens (tertiary/aromatic N) is 2. The van der Waals surface area contributed by atoms with Gasteiger partial charge in [-0.3, -0.25) is 13.9 Å². The second-order valence-electron chi connectivity index (χ2n) is 11.1. The van der Waals surface area contributed by atoms with E-state index < -0.39 is 69.2 Å². The molecule has 45 heavy (non-hydrogen) atoms. The topological polar surface area (TPSA) is 86.8 Å². The standard InChI is InChI=1S/C32H34ClF4N3O4S/c1-21-12-15-26(16-13-21)45(43,44)40(25-14-17-28(33)27(18-25)32(35,36)37)20-30(41)39(19-23-8-6-7-11-29(23)34)22(2)31(42)38-24-9-4-3-5-10-24/h6-8,11-18,22,24H,3-5,9-10,19-20H2,1-2H3,(H,38,42). The molecule has 1 saturated carbocycles. The number of anilines is 1. The van der Waals surface area contributed by atoms with E-state index in [2.05, 4.69) is 5.32 Å².